The third-order valence-electron chi connectivity index (χ3n) is 5.32. The van der Waals surface area contributed by atoms with Crippen LogP contribution in [0.15, 0.2) is 4.99 Å². The first-order valence-electron chi connectivity index (χ1n) is 8.33. The van der Waals surface area contributed by atoms with Gasteiger partial charge in [0, 0.05) is 17.3 Å². The number of nitrogens with zero attached hydrogens (tertiary/aromatic N) is 2. The summed E-state index contributed by atoms with van der Waals surface area (Å²) in [5.74, 6) is 2.11. The molecule has 3 atom stereocenters. The first-order valence-corrected chi connectivity index (χ1v) is 9.31. The lowest BCUT2D eigenvalue weighted by atomic mass is 9.78. The summed E-state index contributed by atoms with van der Waals surface area (Å²) < 4.78 is 0. The molecule has 0 aromatic carbocycles. The van der Waals surface area contributed by atoms with Gasteiger partial charge in [0.15, 0.2) is 5.17 Å². The number of hydrogen-bond donors (Lipinski definition) is 1. The molecule has 1 N–H and O–H groups in total. The molecule has 4 heteroatoms. The molecule has 0 aromatic heterocycles. The second-order valence-corrected chi connectivity index (χ2v) is 8.14. The van der Waals surface area contributed by atoms with Crippen LogP contribution in [-0.2, 0) is 0 Å². The van der Waals surface area contributed by atoms with E-state index in [1.54, 1.807) is 0 Å². The van der Waals surface area contributed by atoms with Crippen LogP contribution in [0.2, 0.25) is 0 Å². The lowest BCUT2D eigenvalue weighted by molar-refractivity contribution is 0.191. The highest BCUT2D eigenvalue weighted by atomic mass is 32.2. The maximum atomic E-state index is 4.90. The zero-order valence-electron chi connectivity index (χ0n) is 13.0. The van der Waals surface area contributed by atoms with Gasteiger partial charge in [-0.1, -0.05) is 37.9 Å². The maximum Gasteiger partial charge on any atom is 0.157 e. The quantitative estimate of drug-likeness (QED) is 0.848. The molecule has 3 rings (SSSR count). The summed E-state index contributed by atoms with van der Waals surface area (Å²) in [5.41, 5.74) is 0.375. The number of likely N-dealkylation sites (N-methyl/N-ethyl adjacent to an activating group) is 1. The lowest BCUT2D eigenvalue weighted by Crippen LogP contribution is -2.47. The maximum absolute atomic E-state index is 4.90. The summed E-state index contributed by atoms with van der Waals surface area (Å²) in [4.78, 5) is 7.39. The molecule has 3 aliphatic rings. The second kappa shape index (κ2) is 6.27. The van der Waals surface area contributed by atoms with Crippen molar-refractivity contribution in [1.29, 1.82) is 0 Å². The molecule has 3 nitrogen and oxygen atoms in total. The molecule has 0 radical (unpaired) electrons. The molecule has 3 fully saturated rings. The summed E-state index contributed by atoms with van der Waals surface area (Å²) in [6.07, 6.45) is 9.52. The number of hydrogen-bond acceptors (Lipinski definition) is 3. The molecular weight excluding hydrogens is 266 g/mol. The fourth-order valence-corrected chi connectivity index (χ4v) is 5.26. The van der Waals surface area contributed by atoms with Gasteiger partial charge >= 0.3 is 0 Å². The van der Waals surface area contributed by atoms with Crippen molar-refractivity contribution in [3.05, 3.63) is 0 Å². The van der Waals surface area contributed by atoms with Crippen LogP contribution < -0.4 is 5.32 Å². The third kappa shape index (κ3) is 3.33. The van der Waals surface area contributed by atoms with Gasteiger partial charge in [-0.3, -0.25) is 4.99 Å². The number of nitrogens with one attached hydrogen (secondary N) is 1. The Bertz CT molecular complexity index is 371. The predicted octanol–water partition coefficient (Wildman–Crippen LogP) is 3.11. The monoisotopic (exact) mass is 295 g/mol. The second-order valence-electron chi connectivity index (χ2n) is 7.17. The minimum atomic E-state index is 0.375. The van der Waals surface area contributed by atoms with Gasteiger partial charge < -0.3 is 10.2 Å². The molecule has 0 amide bonds. The largest absolute Gasteiger partial charge is 0.359 e. The van der Waals surface area contributed by atoms with Gasteiger partial charge in [-0.15, -0.1) is 0 Å². The molecule has 1 aliphatic carbocycles. The lowest BCUT2D eigenvalue weighted by Gasteiger charge is -2.36. The third-order valence-corrected chi connectivity index (χ3v) is 6.52. The summed E-state index contributed by atoms with van der Waals surface area (Å²) in [7, 11) is 2.25. The number of rotatable bonds is 2. The van der Waals surface area contributed by atoms with Crippen LogP contribution in [0.1, 0.15) is 51.9 Å². The molecule has 20 heavy (non-hydrogen) atoms. The molecule has 2 aliphatic heterocycles. The highest BCUT2D eigenvalue weighted by molar-refractivity contribution is 8.14. The molecule has 1 saturated carbocycles. The van der Waals surface area contributed by atoms with Crippen LogP contribution >= 0.6 is 11.8 Å². The van der Waals surface area contributed by atoms with Crippen molar-refractivity contribution in [1.82, 2.24) is 10.2 Å². The van der Waals surface area contributed by atoms with Crippen molar-refractivity contribution in [3.8, 4) is 0 Å². The topological polar surface area (TPSA) is 27.6 Å². The zero-order valence-corrected chi connectivity index (χ0v) is 13.8. The normalized spacial score (nSPS) is 41.2. The van der Waals surface area contributed by atoms with E-state index in [1.165, 1.54) is 62.4 Å². The van der Waals surface area contributed by atoms with Crippen LogP contribution in [0.4, 0.5) is 0 Å². The Morgan fingerprint density at radius 3 is 3.05 bits per heavy atom. The summed E-state index contributed by atoms with van der Waals surface area (Å²) in [6.45, 7) is 4.63. The van der Waals surface area contributed by atoms with Crippen molar-refractivity contribution in [2.45, 2.75) is 63.5 Å². The molecule has 0 bridgehead atoms. The number of piperidine rings is 1. The van der Waals surface area contributed by atoms with Crippen LogP contribution in [-0.4, -0.2) is 47.5 Å². The summed E-state index contributed by atoms with van der Waals surface area (Å²) in [6, 6.07) is 0.667. The van der Waals surface area contributed by atoms with Crippen molar-refractivity contribution < 1.29 is 0 Å². The summed E-state index contributed by atoms with van der Waals surface area (Å²) in [5, 5.41) is 5.01. The van der Waals surface area contributed by atoms with E-state index in [1.807, 2.05) is 11.8 Å². The standard InChI is InChI=1S/C16H29N3S/c1-13-6-5-8-16(10-13)12-20-15(18-16)17-11-14-7-3-4-9-19(14)2/h13-14H,3-12H2,1-2H3,(H,17,18). The van der Waals surface area contributed by atoms with Crippen molar-refractivity contribution in [3.63, 3.8) is 0 Å². The first-order chi connectivity index (χ1) is 9.67. The average molecular weight is 295 g/mol. The van der Waals surface area contributed by atoms with E-state index < -0.39 is 0 Å². The number of amidine groups is 1. The van der Waals surface area contributed by atoms with E-state index in [2.05, 4.69) is 24.2 Å². The van der Waals surface area contributed by atoms with Gasteiger partial charge in [0.05, 0.1) is 6.54 Å². The fraction of sp³-hybridized carbons (Fsp3) is 0.938. The van der Waals surface area contributed by atoms with Gasteiger partial charge in [0.1, 0.15) is 0 Å². The zero-order chi connectivity index (χ0) is 14.0. The molecular formula is C16H29N3S. The molecule has 114 valence electrons. The Balaban J connectivity index is 1.55. The van der Waals surface area contributed by atoms with Gasteiger partial charge in [0.25, 0.3) is 0 Å². The van der Waals surface area contributed by atoms with Gasteiger partial charge in [-0.2, -0.15) is 0 Å². The van der Waals surface area contributed by atoms with Crippen molar-refractivity contribution >= 4 is 16.9 Å². The van der Waals surface area contributed by atoms with E-state index in [9.17, 15) is 0 Å². The Kier molecular flexibility index (Phi) is 4.61. The Morgan fingerprint density at radius 2 is 2.25 bits per heavy atom. The van der Waals surface area contributed by atoms with Gasteiger partial charge in [0.2, 0.25) is 0 Å². The SMILES string of the molecule is CC1CCCC2(CSC(=NCC3CCCCN3C)N2)C1. The molecule has 2 saturated heterocycles. The van der Waals surface area contributed by atoms with E-state index in [0.29, 0.717) is 11.6 Å². The first kappa shape index (κ1) is 14.7. The number of aliphatic imine (C=N–C) groups is 1. The van der Waals surface area contributed by atoms with E-state index in [-0.39, 0.29) is 0 Å². The fourth-order valence-electron chi connectivity index (χ4n) is 4.06. The minimum absolute atomic E-state index is 0.375. The average Bonchev–Trinajstić information content (AvgIpc) is 2.80. The van der Waals surface area contributed by atoms with Crippen LogP contribution in [0.25, 0.3) is 0 Å². The molecule has 0 aromatic rings. The molecule has 2 heterocycles. The Morgan fingerprint density at radius 1 is 1.35 bits per heavy atom. The smallest absolute Gasteiger partial charge is 0.157 e. The van der Waals surface area contributed by atoms with Crippen LogP contribution in [0.3, 0.4) is 0 Å². The van der Waals surface area contributed by atoms with Gasteiger partial charge in [-0.25, -0.2) is 0 Å². The van der Waals surface area contributed by atoms with E-state index in [4.69, 9.17) is 4.99 Å². The number of thioether (sulfide) groups is 1. The van der Waals surface area contributed by atoms with Crippen LogP contribution in [0, 0.1) is 5.92 Å². The molecule has 3 unspecified atom stereocenters. The predicted molar refractivity (Wildman–Crippen MR) is 88.5 cm³/mol. The van der Waals surface area contributed by atoms with Crippen LogP contribution in [0.5, 0.6) is 0 Å². The minimum Gasteiger partial charge on any atom is -0.359 e. The van der Waals surface area contributed by atoms with E-state index >= 15 is 0 Å². The molecule has 1 spiro atoms. The Labute approximate surface area is 128 Å². The summed E-state index contributed by atoms with van der Waals surface area (Å²) >= 11 is 1.96. The number of likely N-dealkylation sites (tertiary alicyclic amines) is 1. The highest BCUT2D eigenvalue weighted by Crippen LogP contribution is 2.38. The Hall–Kier alpha value is -0.220. The van der Waals surface area contributed by atoms with Gasteiger partial charge in [-0.05, 0) is 45.2 Å². The van der Waals surface area contributed by atoms with E-state index in [0.717, 1.165) is 12.5 Å². The highest BCUT2D eigenvalue weighted by Gasteiger charge is 2.40. The van der Waals surface area contributed by atoms with Crippen molar-refractivity contribution in [2.75, 3.05) is 25.9 Å². The van der Waals surface area contributed by atoms with Crippen molar-refractivity contribution in [2.24, 2.45) is 10.9 Å².